The Labute approximate surface area is 91.2 Å². The zero-order chi connectivity index (χ0) is 12.7. The number of aliphatic hydroxyl groups excluding tert-OH is 2. The summed E-state index contributed by atoms with van der Waals surface area (Å²) in [5, 5.41) is 32.5. The first kappa shape index (κ1) is 14.8. The minimum atomic E-state index is -2.27. The number of nitrogens with two attached hydrogens (primary N) is 1. The Morgan fingerprint density at radius 1 is 1.25 bits per heavy atom. The maximum atomic E-state index is 9.77. The monoisotopic (exact) mass is 237 g/mol. The number of hydrogen-bond acceptors (Lipinski definition) is 6. The molecule has 0 aliphatic carbocycles. The van der Waals surface area contributed by atoms with Crippen LogP contribution in [0.25, 0.3) is 0 Å². The lowest BCUT2D eigenvalue weighted by atomic mass is 10.2. The SMILES string of the molecule is NCC1CCO1.O=C(O)C(O)C(O)C(=O)O. The Hall–Kier alpha value is -1.22. The number of carbonyl (C=O) groups is 2. The van der Waals surface area contributed by atoms with E-state index in [0.717, 1.165) is 13.0 Å². The van der Waals surface area contributed by atoms with Crippen LogP contribution in [-0.4, -0.2) is 63.8 Å². The lowest BCUT2D eigenvalue weighted by Crippen LogP contribution is -2.39. The van der Waals surface area contributed by atoms with Gasteiger partial charge >= 0.3 is 11.9 Å². The van der Waals surface area contributed by atoms with Crippen molar-refractivity contribution in [1.29, 1.82) is 0 Å². The van der Waals surface area contributed by atoms with Gasteiger partial charge in [-0.2, -0.15) is 0 Å². The molecule has 16 heavy (non-hydrogen) atoms. The minimum absolute atomic E-state index is 0.394. The number of ether oxygens (including phenoxy) is 1. The van der Waals surface area contributed by atoms with E-state index in [1.54, 1.807) is 0 Å². The highest BCUT2D eigenvalue weighted by Gasteiger charge is 2.29. The Bertz CT molecular complexity index is 220. The van der Waals surface area contributed by atoms with E-state index in [-0.39, 0.29) is 0 Å². The van der Waals surface area contributed by atoms with E-state index in [1.807, 2.05) is 0 Å². The van der Waals surface area contributed by atoms with Crippen molar-refractivity contribution in [1.82, 2.24) is 0 Å². The van der Waals surface area contributed by atoms with Crippen LogP contribution in [0, 0.1) is 0 Å². The molecule has 3 unspecified atom stereocenters. The fourth-order valence-corrected chi connectivity index (χ4v) is 0.741. The highest BCUT2D eigenvalue weighted by Crippen LogP contribution is 2.07. The molecule has 3 atom stereocenters. The molecule has 8 heteroatoms. The Morgan fingerprint density at radius 3 is 1.69 bits per heavy atom. The van der Waals surface area contributed by atoms with Crippen LogP contribution in [0.4, 0.5) is 0 Å². The molecule has 0 aromatic rings. The number of hydrogen-bond donors (Lipinski definition) is 5. The Kier molecular flexibility index (Phi) is 6.58. The standard InChI is InChI=1S/C4H9NO.C4H6O6/c5-3-4-1-2-6-4;5-1(3(7)8)2(6)4(9)10/h4H,1-3,5H2;1-2,5-6H,(H,7,8)(H,9,10). The number of carboxylic acids is 2. The van der Waals surface area contributed by atoms with E-state index in [1.165, 1.54) is 0 Å². The maximum Gasteiger partial charge on any atom is 0.335 e. The number of aliphatic carboxylic acids is 2. The zero-order valence-corrected chi connectivity index (χ0v) is 8.44. The van der Waals surface area contributed by atoms with Crippen LogP contribution < -0.4 is 5.73 Å². The first-order valence-corrected chi connectivity index (χ1v) is 4.53. The normalized spacial score (nSPS) is 22.1. The van der Waals surface area contributed by atoms with Crippen LogP contribution in [0.2, 0.25) is 0 Å². The molecule has 1 rings (SSSR count). The predicted octanol–water partition coefficient (Wildman–Crippen LogP) is -2.39. The van der Waals surface area contributed by atoms with Gasteiger partial charge in [0.05, 0.1) is 6.10 Å². The van der Waals surface area contributed by atoms with Gasteiger partial charge in [-0.3, -0.25) is 0 Å². The first-order chi connectivity index (χ1) is 7.40. The average molecular weight is 237 g/mol. The summed E-state index contributed by atoms with van der Waals surface area (Å²) in [4.78, 5) is 19.5. The third-order valence-corrected chi connectivity index (χ3v) is 1.86. The van der Waals surface area contributed by atoms with Crippen LogP contribution in [0.3, 0.4) is 0 Å². The fourth-order valence-electron chi connectivity index (χ4n) is 0.741. The Balaban J connectivity index is 0.000000315. The summed E-state index contributed by atoms with van der Waals surface area (Å²) in [6, 6.07) is 0. The summed E-state index contributed by atoms with van der Waals surface area (Å²) >= 11 is 0. The summed E-state index contributed by atoms with van der Waals surface area (Å²) in [5.41, 5.74) is 5.21. The van der Waals surface area contributed by atoms with Crippen LogP contribution in [-0.2, 0) is 14.3 Å². The lowest BCUT2D eigenvalue weighted by Gasteiger charge is -2.24. The minimum Gasteiger partial charge on any atom is -0.479 e. The van der Waals surface area contributed by atoms with Crippen molar-refractivity contribution >= 4 is 11.9 Å². The molecule has 1 saturated heterocycles. The first-order valence-electron chi connectivity index (χ1n) is 4.53. The third kappa shape index (κ3) is 5.03. The molecule has 94 valence electrons. The van der Waals surface area contributed by atoms with Gasteiger partial charge in [-0.25, -0.2) is 9.59 Å². The van der Waals surface area contributed by atoms with Crippen molar-refractivity contribution in [2.24, 2.45) is 5.73 Å². The topological polar surface area (TPSA) is 150 Å². The lowest BCUT2D eigenvalue weighted by molar-refractivity contribution is -0.165. The van der Waals surface area contributed by atoms with Gasteiger partial charge in [0, 0.05) is 13.2 Å². The van der Waals surface area contributed by atoms with E-state index in [9.17, 15) is 9.59 Å². The van der Waals surface area contributed by atoms with Crippen molar-refractivity contribution in [2.45, 2.75) is 24.7 Å². The molecule has 1 heterocycles. The van der Waals surface area contributed by atoms with Crippen LogP contribution >= 0.6 is 0 Å². The summed E-state index contributed by atoms with van der Waals surface area (Å²) in [5.74, 6) is -3.54. The fraction of sp³-hybridized carbons (Fsp3) is 0.750. The second-order valence-electron chi connectivity index (χ2n) is 3.08. The summed E-state index contributed by atoms with van der Waals surface area (Å²) in [7, 11) is 0. The van der Waals surface area contributed by atoms with Gasteiger partial charge < -0.3 is 30.9 Å². The van der Waals surface area contributed by atoms with Crippen molar-refractivity contribution in [3.05, 3.63) is 0 Å². The van der Waals surface area contributed by atoms with E-state index < -0.39 is 24.1 Å². The van der Waals surface area contributed by atoms with Gasteiger partial charge in [0.15, 0.2) is 12.2 Å². The van der Waals surface area contributed by atoms with Crippen molar-refractivity contribution < 1.29 is 34.8 Å². The van der Waals surface area contributed by atoms with Crippen LogP contribution in [0.5, 0.6) is 0 Å². The number of carboxylic acid groups (broad SMARTS) is 2. The second-order valence-corrected chi connectivity index (χ2v) is 3.08. The smallest absolute Gasteiger partial charge is 0.335 e. The molecule has 1 aliphatic heterocycles. The molecular formula is C8H15NO7. The van der Waals surface area contributed by atoms with Gasteiger partial charge in [0.25, 0.3) is 0 Å². The van der Waals surface area contributed by atoms with Crippen molar-refractivity contribution in [3.8, 4) is 0 Å². The molecule has 1 aliphatic rings. The quantitative estimate of drug-likeness (QED) is 0.363. The summed E-state index contributed by atoms with van der Waals surface area (Å²) in [6.45, 7) is 1.61. The van der Waals surface area contributed by atoms with E-state index >= 15 is 0 Å². The molecule has 0 bridgehead atoms. The predicted molar refractivity (Wildman–Crippen MR) is 50.7 cm³/mol. The van der Waals surface area contributed by atoms with E-state index in [2.05, 4.69) is 0 Å². The van der Waals surface area contributed by atoms with Crippen LogP contribution in [0.1, 0.15) is 6.42 Å². The molecule has 0 saturated carbocycles. The molecule has 0 radical (unpaired) electrons. The molecule has 0 aromatic heterocycles. The highest BCUT2D eigenvalue weighted by molar-refractivity contribution is 5.83. The van der Waals surface area contributed by atoms with E-state index in [0.29, 0.717) is 12.6 Å². The molecule has 0 spiro atoms. The molecule has 0 amide bonds. The molecule has 1 fully saturated rings. The highest BCUT2D eigenvalue weighted by atomic mass is 16.5. The van der Waals surface area contributed by atoms with Gasteiger partial charge in [0.2, 0.25) is 0 Å². The van der Waals surface area contributed by atoms with Gasteiger partial charge in [-0.1, -0.05) is 0 Å². The van der Waals surface area contributed by atoms with E-state index in [4.69, 9.17) is 30.9 Å². The largest absolute Gasteiger partial charge is 0.479 e. The second kappa shape index (κ2) is 7.12. The third-order valence-electron chi connectivity index (χ3n) is 1.86. The zero-order valence-electron chi connectivity index (χ0n) is 8.44. The van der Waals surface area contributed by atoms with Crippen molar-refractivity contribution in [3.63, 3.8) is 0 Å². The number of aliphatic hydroxyl groups is 2. The summed E-state index contributed by atoms with van der Waals surface area (Å²) in [6.07, 6.45) is -2.98. The molecule has 0 aromatic carbocycles. The number of rotatable bonds is 4. The molecule has 8 nitrogen and oxygen atoms in total. The van der Waals surface area contributed by atoms with Gasteiger partial charge in [0.1, 0.15) is 0 Å². The van der Waals surface area contributed by atoms with Crippen LogP contribution in [0.15, 0.2) is 0 Å². The molecule has 6 N–H and O–H groups in total. The summed E-state index contributed by atoms with van der Waals surface area (Å²) < 4.78 is 4.95. The van der Waals surface area contributed by atoms with Crippen molar-refractivity contribution in [2.75, 3.05) is 13.2 Å². The van der Waals surface area contributed by atoms with Gasteiger partial charge in [-0.05, 0) is 6.42 Å². The average Bonchev–Trinajstić information content (AvgIpc) is 2.14. The maximum absolute atomic E-state index is 9.77. The Morgan fingerprint density at radius 2 is 1.62 bits per heavy atom. The van der Waals surface area contributed by atoms with Gasteiger partial charge in [-0.15, -0.1) is 0 Å². The molecular weight excluding hydrogens is 222 g/mol.